The minimum atomic E-state index is -4.56. The first-order valence-electron chi connectivity index (χ1n) is 9.02. The average molecular weight is 420 g/mol. The molecule has 1 aromatic carbocycles. The number of aryl methyl sites for hydroxylation is 1. The number of benzene rings is 1. The van der Waals surface area contributed by atoms with Gasteiger partial charge in [-0.1, -0.05) is 0 Å². The molecule has 1 aliphatic rings. The molecule has 0 saturated heterocycles. The number of methoxy groups -OCH3 is 1. The van der Waals surface area contributed by atoms with Crippen LogP contribution >= 0.6 is 0 Å². The van der Waals surface area contributed by atoms with Crippen LogP contribution in [0.5, 0.6) is 5.75 Å². The van der Waals surface area contributed by atoms with Crippen molar-refractivity contribution in [3.63, 3.8) is 0 Å². The maximum absolute atomic E-state index is 13.7. The Morgan fingerprint density at radius 1 is 1.27 bits per heavy atom. The fraction of sp³-hybridized carbons (Fsp3) is 0.250. The highest BCUT2D eigenvalue weighted by Crippen LogP contribution is 2.33. The van der Waals surface area contributed by atoms with Crippen LogP contribution in [0.15, 0.2) is 42.7 Å². The summed E-state index contributed by atoms with van der Waals surface area (Å²) >= 11 is 0. The van der Waals surface area contributed by atoms with E-state index in [2.05, 4.69) is 15.4 Å². The van der Waals surface area contributed by atoms with Gasteiger partial charge >= 0.3 is 6.18 Å². The van der Waals surface area contributed by atoms with E-state index in [1.807, 2.05) is 0 Å². The van der Waals surface area contributed by atoms with Gasteiger partial charge in [0.25, 0.3) is 5.91 Å². The van der Waals surface area contributed by atoms with Gasteiger partial charge in [-0.2, -0.15) is 18.3 Å². The Morgan fingerprint density at radius 3 is 2.80 bits per heavy atom. The summed E-state index contributed by atoms with van der Waals surface area (Å²) in [5.74, 6) is -0.863. The standard InChI is InChI=1S/C20H16F4N4O2/c1-30-14-7-11(6-12(21)8-14)19(29)26-16-2-3-17-15(16)10-28(27-17)13-4-5-25-18(9-13)20(22,23)24/h4-10,16H,2-3H2,1H3,(H,26,29)/t16-/m0/s1. The topological polar surface area (TPSA) is 69.0 Å². The van der Waals surface area contributed by atoms with E-state index >= 15 is 0 Å². The highest BCUT2D eigenvalue weighted by molar-refractivity contribution is 5.95. The van der Waals surface area contributed by atoms with Crippen molar-refractivity contribution in [1.29, 1.82) is 0 Å². The van der Waals surface area contributed by atoms with Crippen LogP contribution < -0.4 is 10.1 Å². The van der Waals surface area contributed by atoms with Gasteiger partial charge in [0.1, 0.15) is 17.3 Å². The molecule has 0 unspecified atom stereocenters. The normalized spacial score (nSPS) is 15.7. The zero-order valence-electron chi connectivity index (χ0n) is 15.7. The van der Waals surface area contributed by atoms with Crippen LogP contribution in [0, 0.1) is 5.82 Å². The highest BCUT2D eigenvalue weighted by Gasteiger charge is 2.33. The molecule has 3 aromatic rings. The quantitative estimate of drug-likeness (QED) is 0.651. The Hall–Kier alpha value is -3.43. The van der Waals surface area contributed by atoms with E-state index in [1.54, 1.807) is 6.20 Å². The zero-order valence-corrected chi connectivity index (χ0v) is 15.7. The Balaban J connectivity index is 1.57. The van der Waals surface area contributed by atoms with Crippen molar-refractivity contribution < 1.29 is 27.1 Å². The lowest BCUT2D eigenvalue weighted by molar-refractivity contribution is -0.141. The zero-order chi connectivity index (χ0) is 21.5. The summed E-state index contributed by atoms with van der Waals surface area (Å²) in [5.41, 5.74) is 0.698. The Labute approximate surface area is 168 Å². The summed E-state index contributed by atoms with van der Waals surface area (Å²) in [6.45, 7) is 0. The van der Waals surface area contributed by atoms with Crippen molar-refractivity contribution in [1.82, 2.24) is 20.1 Å². The molecule has 1 aliphatic carbocycles. The van der Waals surface area contributed by atoms with E-state index in [-0.39, 0.29) is 23.0 Å². The second-order valence-corrected chi connectivity index (χ2v) is 6.82. The molecule has 156 valence electrons. The number of nitrogens with one attached hydrogen (secondary N) is 1. The Bertz CT molecular complexity index is 1110. The number of ether oxygens (including phenoxy) is 1. The molecule has 1 atom stereocenters. The molecule has 2 aromatic heterocycles. The van der Waals surface area contributed by atoms with Crippen LogP contribution in [-0.4, -0.2) is 27.8 Å². The summed E-state index contributed by atoms with van der Waals surface area (Å²) in [5, 5.41) is 7.17. The maximum atomic E-state index is 13.7. The number of amides is 1. The number of pyridine rings is 1. The number of nitrogens with zero attached hydrogens (tertiary/aromatic N) is 3. The predicted molar refractivity (Wildman–Crippen MR) is 97.8 cm³/mol. The van der Waals surface area contributed by atoms with Gasteiger partial charge < -0.3 is 10.1 Å². The average Bonchev–Trinajstić information content (AvgIpc) is 3.29. The van der Waals surface area contributed by atoms with Gasteiger partial charge in [0.05, 0.1) is 24.5 Å². The summed E-state index contributed by atoms with van der Waals surface area (Å²) in [6, 6.07) is 5.64. The molecule has 0 aliphatic heterocycles. The Kier molecular flexibility index (Phi) is 4.92. The van der Waals surface area contributed by atoms with Crippen LogP contribution in [-0.2, 0) is 12.6 Å². The molecule has 0 radical (unpaired) electrons. The van der Waals surface area contributed by atoms with Crippen molar-refractivity contribution in [2.45, 2.75) is 25.1 Å². The van der Waals surface area contributed by atoms with Gasteiger partial charge in [-0.05, 0) is 37.1 Å². The number of hydrogen-bond donors (Lipinski definition) is 1. The first-order chi connectivity index (χ1) is 14.2. The second-order valence-electron chi connectivity index (χ2n) is 6.82. The SMILES string of the molecule is COc1cc(F)cc(C(=O)N[C@H]2CCc3nn(-c4ccnc(C(F)(F)F)c4)cc32)c1. The number of halogens is 4. The van der Waals surface area contributed by atoms with Gasteiger partial charge in [-0.15, -0.1) is 0 Å². The van der Waals surface area contributed by atoms with Crippen LogP contribution in [0.4, 0.5) is 17.6 Å². The molecule has 0 saturated carbocycles. The molecule has 4 rings (SSSR count). The van der Waals surface area contributed by atoms with Gasteiger partial charge in [-0.25, -0.2) is 9.07 Å². The van der Waals surface area contributed by atoms with E-state index in [1.165, 1.54) is 30.0 Å². The Morgan fingerprint density at radius 2 is 2.07 bits per heavy atom. The van der Waals surface area contributed by atoms with Gasteiger partial charge in [0.15, 0.2) is 0 Å². The van der Waals surface area contributed by atoms with Crippen LogP contribution in [0.3, 0.4) is 0 Å². The molecule has 1 amide bonds. The molecular formula is C20H16F4N4O2. The monoisotopic (exact) mass is 420 g/mol. The molecule has 6 nitrogen and oxygen atoms in total. The lowest BCUT2D eigenvalue weighted by Gasteiger charge is -2.14. The molecular weight excluding hydrogens is 404 g/mol. The lowest BCUT2D eigenvalue weighted by atomic mass is 10.1. The first kappa shape index (κ1) is 19.9. The highest BCUT2D eigenvalue weighted by atomic mass is 19.4. The fourth-order valence-corrected chi connectivity index (χ4v) is 3.40. The third kappa shape index (κ3) is 3.85. The van der Waals surface area contributed by atoms with E-state index in [9.17, 15) is 22.4 Å². The molecule has 0 bridgehead atoms. The summed E-state index contributed by atoms with van der Waals surface area (Å²) < 4.78 is 58.8. The van der Waals surface area contributed by atoms with Crippen molar-refractivity contribution in [3.8, 4) is 11.4 Å². The summed E-state index contributed by atoms with van der Waals surface area (Å²) in [4.78, 5) is 15.9. The first-order valence-corrected chi connectivity index (χ1v) is 9.02. The third-order valence-electron chi connectivity index (χ3n) is 4.84. The number of aromatic nitrogens is 3. The van der Waals surface area contributed by atoms with E-state index in [0.29, 0.717) is 24.1 Å². The summed E-state index contributed by atoms with van der Waals surface area (Å²) in [7, 11) is 1.37. The largest absolute Gasteiger partial charge is 0.497 e. The lowest BCUT2D eigenvalue weighted by Crippen LogP contribution is -2.27. The van der Waals surface area contributed by atoms with Crippen molar-refractivity contribution in [2.75, 3.05) is 7.11 Å². The maximum Gasteiger partial charge on any atom is 0.433 e. The van der Waals surface area contributed by atoms with Crippen molar-refractivity contribution in [3.05, 3.63) is 71.1 Å². The minimum absolute atomic E-state index is 0.108. The van der Waals surface area contributed by atoms with Gasteiger partial charge in [-0.3, -0.25) is 9.78 Å². The number of fused-ring (bicyclic) bond motifs is 1. The molecule has 0 fully saturated rings. The summed E-state index contributed by atoms with van der Waals surface area (Å²) in [6.07, 6.45) is -0.761. The second kappa shape index (κ2) is 7.43. The molecule has 10 heteroatoms. The molecule has 1 N–H and O–H groups in total. The van der Waals surface area contributed by atoms with Crippen LogP contribution in [0.2, 0.25) is 0 Å². The predicted octanol–water partition coefficient (Wildman–Crippen LogP) is 3.85. The molecule has 30 heavy (non-hydrogen) atoms. The van der Waals surface area contributed by atoms with E-state index < -0.39 is 23.6 Å². The minimum Gasteiger partial charge on any atom is -0.497 e. The number of carbonyl (C=O) groups excluding carboxylic acids is 1. The number of carbonyl (C=O) groups is 1. The fourth-order valence-electron chi connectivity index (χ4n) is 3.40. The molecule has 0 spiro atoms. The van der Waals surface area contributed by atoms with Crippen LogP contribution in [0.25, 0.3) is 5.69 Å². The van der Waals surface area contributed by atoms with Gasteiger partial charge in [0.2, 0.25) is 0 Å². The molecule has 2 heterocycles. The smallest absolute Gasteiger partial charge is 0.433 e. The van der Waals surface area contributed by atoms with Crippen molar-refractivity contribution >= 4 is 5.91 Å². The van der Waals surface area contributed by atoms with Crippen molar-refractivity contribution in [2.24, 2.45) is 0 Å². The number of rotatable bonds is 4. The van der Waals surface area contributed by atoms with E-state index in [0.717, 1.165) is 18.3 Å². The van der Waals surface area contributed by atoms with Crippen LogP contribution in [0.1, 0.15) is 39.8 Å². The van der Waals surface area contributed by atoms with E-state index in [4.69, 9.17) is 4.74 Å². The van der Waals surface area contributed by atoms with Gasteiger partial charge in [0, 0.05) is 29.6 Å². The third-order valence-corrected chi connectivity index (χ3v) is 4.84. The number of alkyl halides is 3. The number of hydrogen-bond acceptors (Lipinski definition) is 4.